The van der Waals surface area contributed by atoms with Crippen LogP contribution >= 0.6 is 0 Å². The van der Waals surface area contributed by atoms with Crippen molar-refractivity contribution in [1.29, 1.82) is 0 Å². The highest BCUT2D eigenvalue weighted by molar-refractivity contribution is 6.51. The summed E-state index contributed by atoms with van der Waals surface area (Å²) in [4.78, 5) is 32.3. The minimum absolute atomic E-state index is 0.0850. The van der Waals surface area contributed by atoms with Gasteiger partial charge in [-0.1, -0.05) is 5.16 Å². The first-order chi connectivity index (χ1) is 10.9. The normalized spacial score (nSPS) is 11.0. The lowest BCUT2D eigenvalue weighted by Gasteiger charge is -2.04. The lowest BCUT2D eigenvalue weighted by molar-refractivity contribution is -0.385. The van der Waals surface area contributed by atoms with Crippen LogP contribution < -0.4 is 0 Å². The van der Waals surface area contributed by atoms with E-state index >= 15 is 0 Å². The van der Waals surface area contributed by atoms with E-state index in [1.54, 1.807) is 0 Å². The van der Waals surface area contributed by atoms with Crippen molar-refractivity contribution in [2.24, 2.45) is 5.16 Å². The Morgan fingerprint density at radius 2 is 1.22 bits per heavy atom. The van der Waals surface area contributed by atoms with Gasteiger partial charge in [-0.05, 0) is 24.3 Å². The molecule has 2 aromatic carbocycles. The molecule has 2 aromatic rings. The largest absolute Gasteiger partial charge is 0.410 e. The zero-order chi connectivity index (χ0) is 17.0. The Labute approximate surface area is 128 Å². The molecule has 0 heterocycles. The second-order valence-corrected chi connectivity index (χ2v) is 4.39. The van der Waals surface area contributed by atoms with Crippen LogP contribution in [0.5, 0.6) is 0 Å². The number of hydrogen-bond acceptors (Lipinski definition) is 7. The summed E-state index contributed by atoms with van der Waals surface area (Å²) in [6.45, 7) is 0. The van der Waals surface area contributed by atoms with E-state index < -0.39 is 15.6 Å². The predicted octanol–water partition coefficient (Wildman–Crippen LogP) is 2.56. The number of hydrogen-bond donors (Lipinski definition) is 1. The third kappa shape index (κ3) is 3.35. The number of nitro benzene ring substituents is 2. The van der Waals surface area contributed by atoms with E-state index in [1.165, 1.54) is 36.4 Å². The fraction of sp³-hybridized carbons (Fsp3) is 0. The number of rotatable bonds is 5. The van der Waals surface area contributed by atoms with E-state index in [1.807, 2.05) is 0 Å². The molecule has 0 aliphatic rings. The van der Waals surface area contributed by atoms with Crippen molar-refractivity contribution in [2.45, 2.75) is 0 Å². The molecule has 0 saturated heterocycles. The Bertz CT molecular complexity index is 796. The smallest absolute Gasteiger partial charge is 0.269 e. The van der Waals surface area contributed by atoms with Gasteiger partial charge in [0.2, 0.25) is 5.78 Å². The van der Waals surface area contributed by atoms with E-state index in [9.17, 15) is 25.0 Å². The number of nitro groups is 2. The highest BCUT2D eigenvalue weighted by Gasteiger charge is 2.19. The van der Waals surface area contributed by atoms with Crippen LogP contribution in [0, 0.1) is 20.2 Å². The van der Waals surface area contributed by atoms with Crippen molar-refractivity contribution in [3.8, 4) is 0 Å². The van der Waals surface area contributed by atoms with Crippen molar-refractivity contribution in [3.05, 3.63) is 79.9 Å². The van der Waals surface area contributed by atoms with Gasteiger partial charge >= 0.3 is 0 Å². The van der Waals surface area contributed by atoms with Crippen molar-refractivity contribution < 1.29 is 19.8 Å². The first kappa shape index (κ1) is 15.8. The van der Waals surface area contributed by atoms with Crippen molar-refractivity contribution in [2.75, 3.05) is 0 Å². The fourth-order valence-electron chi connectivity index (χ4n) is 1.85. The molecule has 0 atom stereocenters. The number of carbonyl (C=O) groups excluding carboxylic acids is 1. The Morgan fingerprint density at radius 3 is 1.57 bits per heavy atom. The molecular formula is C14H9N3O6. The molecule has 0 aliphatic heterocycles. The van der Waals surface area contributed by atoms with Crippen molar-refractivity contribution >= 4 is 22.9 Å². The monoisotopic (exact) mass is 315 g/mol. The standard InChI is InChI=1S/C14H9N3O6/c18-14(10-3-7-12(8-4-10)17(22)23)13(15-19)9-1-5-11(6-2-9)16(20)21/h1-8,19H/b15-13-. The van der Waals surface area contributed by atoms with Gasteiger partial charge in [-0.3, -0.25) is 25.0 Å². The second kappa shape index (κ2) is 6.43. The van der Waals surface area contributed by atoms with Crippen LogP contribution in [-0.4, -0.2) is 26.5 Å². The molecule has 0 saturated carbocycles. The molecule has 0 fully saturated rings. The highest BCUT2D eigenvalue weighted by atomic mass is 16.6. The summed E-state index contributed by atoms with van der Waals surface area (Å²) in [5.74, 6) is -0.670. The topological polar surface area (TPSA) is 136 Å². The zero-order valence-corrected chi connectivity index (χ0v) is 11.4. The molecular weight excluding hydrogens is 306 g/mol. The van der Waals surface area contributed by atoms with Gasteiger partial charge in [0.15, 0.2) is 5.71 Å². The molecule has 9 nitrogen and oxygen atoms in total. The fourth-order valence-corrected chi connectivity index (χ4v) is 1.85. The van der Waals surface area contributed by atoms with Gasteiger partial charge in [0.05, 0.1) is 9.85 Å². The third-order valence-electron chi connectivity index (χ3n) is 3.01. The number of benzene rings is 2. The molecule has 1 N–H and O–H groups in total. The summed E-state index contributed by atoms with van der Waals surface area (Å²) in [7, 11) is 0. The van der Waals surface area contributed by atoms with Crippen LogP contribution in [0.15, 0.2) is 53.7 Å². The lowest BCUT2D eigenvalue weighted by atomic mass is 10.0. The maximum atomic E-state index is 12.3. The van der Waals surface area contributed by atoms with E-state index in [2.05, 4.69) is 5.16 Å². The molecule has 0 spiro atoms. The number of carbonyl (C=O) groups is 1. The van der Waals surface area contributed by atoms with Crippen LogP contribution in [0.4, 0.5) is 11.4 Å². The van der Waals surface area contributed by atoms with Crippen LogP contribution in [-0.2, 0) is 0 Å². The first-order valence-corrected chi connectivity index (χ1v) is 6.20. The summed E-state index contributed by atoms with van der Waals surface area (Å²) >= 11 is 0. The SMILES string of the molecule is O=C(/C(=N\O)c1ccc([N+](=O)[O-])cc1)c1ccc([N+](=O)[O-])cc1. The summed E-state index contributed by atoms with van der Waals surface area (Å²) in [5, 5.41) is 33.2. The third-order valence-corrected chi connectivity index (χ3v) is 3.01. The highest BCUT2D eigenvalue weighted by Crippen LogP contribution is 2.17. The van der Waals surface area contributed by atoms with Crippen molar-refractivity contribution in [1.82, 2.24) is 0 Å². The lowest BCUT2D eigenvalue weighted by Crippen LogP contribution is -2.16. The first-order valence-electron chi connectivity index (χ1n) is 6.20. The molecule has 0 amide bonds. The van der Waals surface area contributed by atoms with Gasteiger partial charge in [-0.2, -0.15) is 0 Å². The maximum Gasteiger partial charge on any atom is 0.269 e. The van der Waals surface area contributed by atoms with Crippen LogP contribution in [0.2, 0.25) is 0 Å². The van der Waals surface area contributed by atoms with Gasteiger partial charge in [-0.15, -0.1) is 0 Å². The second-order valence-electron chi connectivity index (χ2n) is 4.39. The van der Waals surface area contributed by atoms with Crippen LogP contribution in [0.3, 0.4) is 0 Å². The Kier molecular flexibility index (Phi) is 4.41. The van der Waals surface area contributed by atoms with Gasteiger partial charge in [0, 0.05) is 35.4 Å². The van der Waals surface area contributed by atoms with Crippen LogP contribution in [0.25, 0.3) is 0 Å². The Morgan fingerprint density at radius 1 is 0.826 bits per heavy atom. The van der Waals surface area contributed by atoms with Crippen LogP contribution in [0.1, 0.15) is 15.9 Å². The van der Waals surface area contributed by atoms with E-state index in [4.69, 9.17) is 5.21 Å². The summed E-state index contributed by atoms with van der Waals surface area (Å²) in [6, 6.07) is 9.66. The average Bonchev–Trinajstić information content (AvgIpc) is 2.56. The minimum Gasteiger partial charge on any atom is -0.410 e. The molecule has 23 heavy (non-hydrogen) atoms. The van der Waals surface area contributed by atoms with Gasteiger partial charge in [-0.25, -0.2) is 0 Å². The molecule has 0 aliphatic carbocycles. The number of oxime groups is 1. The molecule has 0 bridgehead atoms. The molecule has 0 radical (unpaired) electrons. The van der Waals surface area contributed by atoms with Gasteiger partial charge in [0.1, 0.15) is 0 Å². The maximum absolute atomic E-state index is 12.3. The minimum atomic E-state index is -0.670. The van der Waals surface area contributed by atoms with Crippen molar-refractivity contribution in [3.63, 3.8) is 0 Å². The van der Waals surface area contributed by atoms with E-state index in [-0.39, 0.29) is 28.2 Å². The molecule has 0 unspecified atom stereocenters. The molecule has 9 heteroatoms. The van der Waals surface area contributed by atoms with Gasteiger partial charge in [0.25, 0.3) is 11.4 Å². The summed E-state index contributed by atoms with van der Waals surface area (Å²) in [5.41, 5.74) is -0.412. The number of ketones is 1. The predicted molar refractivity (Wildman–Crippen MR) is 78.8 cm³/mol. The molecule has 2 rings (SSSR count). The average molecular weight is 315 g/mol. The molecule has 0 aromatic heterocycles. The Hall–Kier alpha value is -3.62. The Balaban J connectivity index is 2.31. The number of Topliss-reactive ketones (excluding diaryl/α,β-unsaturated/α-hetero) is 1. The quantitative estimate of drug-likeness (QED) is 0.296. The summed E-state index contributed by atoms with van der Waals surface area (Å²) in [6.07, 6.45) is 0. The molecule has 116 valence electrons. The van der Waals surface area contributed by atoms with E-state index in [0.29, 0.717) is 0 Å². The zero-order valence-electron chi connectivity index (χ0n) is 11.4. The number of non-ortho nitro benzene ring substituents is 2. The van der Waals surface area contributed by atoms with Gasteiger partial charge < -0.3 is 5.21 Å². The number of nitrogens with zero attached hydrogens (tertiary/aromatic N) is 3. The summed E-state index contributed by atoms with van der Waals surface area (Å²) < 4.78 is 0. The van der Waals surface area contributed by atoms with E-state index in [0.717, 1.165) is 12.1 Å².